The fraction of sp³-hybridized carbons (Fsp3) is 0.222. The van der Waals surface area contributed by atoms with Gasteiger partial charge in [-0.2, -0.15) is 4.99 Å². The number of rotatable bonds is 1. The van der Waals surface area contributed by atoms with E-state index in [9.17, 15) is 4.79 Å². The van der Waals surface area contributed by atoms with Gasteiger partial charge in [0.15, 0.2) is 4.80 Å². The molecule has 1 heterocycles. The van der Waals surface area contributed by atoms with Crippen LogP contribution < -0.4 is 4.80 Å². The number of hydrogen-bond donors (Lipinski definition) is 0. The molecule has 0 bridgehead atoms. The third kappa shape index (κ3) is 2.62. The highest BCUT2D eigenvalue weighted by Gasteiger charge is 2.08. The topological polar surface area (TPSA) is 34.4 Å². The quantitative estimate of drug-likeness (QED) is 0.671. The lowest BCUT2D eigenvalue weighted by molar-refractivity contribution is 0.0998. The summed E-state index contributed by atoms with van der Waals surface area (Å²) in [5.41, 5.74) is 5.23. The van der Waals surface area contributed by atoms with Crippen LogP contribution in [0.5, 0.6) is 0 Å². The Morgan fingerprint density at radius 1 is 1.05 bits per heavy atom. The second-order valence-corrected chi connectivity index (χ2v) is 6.64. The zero-order valence-corrected chi connectivity index (χ0v) is 14.0. The molecule has 4 heteroatoms. The van der Waals surface area contributed by atoms with Crippen LogP contribution in [0.25, 0.3) is 10.2 Å². The summed E-state index contributed by atoms with van der Waals surface area (Å²) in [6.07, 6.45) is 0. The van der Waals surface area contributed by atoms with Crippen molar-refractivity contribution in [2.24, 2.45) is 12.0 Å². The SMILES string of the molecule is Cc1ccc2c(c1)sc(=NC(=O)c1ccc(C)c(C)c1)n2C. The number of aromatic nitrogens is 1. The molecular weight excluding hydrogens is 292 g/mol. The minimum absolute atomic E-state index is 0.193. The summed E-state index contributed by atoms with van der Waals surface area (Å²) in [5, 5.41) is 0. The lowest BCUT2D eigenvalue weighted by Crippen LogP contribution is -2.13. The van der Waals surface area contributed by atoms with Crippen LogP contribution in [-0.2, 0) is 7.05 Å². The summed E-state index contributed by atoms with van der Waals surface area (Å²) in [6.45, 7) is 6.11. The molecule has 0 spiro atoms. The molecule has 0 unspecified atom stereocenters. The Bertz CT molecular complexity index is 947. The molecule has 112 valence electrons. The molecule has 0 radical (unpaired) electrons. The third-order valence-electron chi connectivity index (χ3n) is 3.92. The lowest BCUT2D eigenvalue weighted by atomic mass is 10.1. The normalized spacial score (nSPS) is 12.1. The van der Waals surface area contributed by atoms with Crippen LogP contribution in [-0.4, -0.2) is 10.5 Å². The van der Waals surface area contributed by atoms with Gasteiger partial charge in [-0.1, -0.05) is 23.5 Å². The number of benzene rings is 2. The highest BCUT2D eigenvalue weighted by molar-refractivity contribution is 7.16. The van der Waals surface area contributed by atoms with E-state index in [0.717, 1.165) is 20.6 Å². The van der Waals surface area contributed by atoms with Gasteiger partial charge in [-0.15, -0.1) is 0 Å². The van der Waals surface area contributed by atoms with Crippen LogP contribution in [0.2, 0.25) is 0 Å². The second-order valence-electron chi connectivity index (χ2n) is 5.63. The van der Waals surface area contributed by atoms with Crippen LogP contribution in [0, 0.1) is 20.8 Å². The fourth-order valence-corrected chi connectivity index (χ4v) is 3.49. The number of hydrogen-bond acceptors (Lipinski definition) is 2. The Kier molecular flexibility index (Phi) is 3.71. The van der Waals surface area contributed by atoms with Gasteiger partial charge < -0.3 is 4.57 Å². The Hall–Kier alpha value is -2.20. The first-order valence-corrected chi connectivity index (χ1v) is 8.00. The van der Waals surface area contributed by atoms with E-state index < -0.39 is 0 Å². The Balaban J connectivity index is 2.09. The summed E-state index contributed by atoms with van der Waals surface area (Å²) in [6, 6.07) is 12.0. The average molecular weight is 310 g/mol. The van der Waals surface area contributed by atoms with E-state index in [-0.39, 0.29) is 5.91 Å². The summed E-state index contributed by atoms with van der Waals surface area (Å²) < 4.78 is 3.12. The number of aryl methyl sites for hydroxylation is 4. The average Bonchev–Trinajstić information content (AvgIpc) is 2.77. The monoisotopic (exact) mass is 310 g/mol. The molecule has 1 amide bonds. The van der Waals surface area contributed by atoms with E-state index in [1.165, 1.54) is 11.1 Å². The molecule has 0 fully saturated rings. The second kappa shape index (κ2) is 5.54. The minimum Gasteiger partial charge on any atom is -0.319 e. The van der Waals surface area contributed by atoms with Crippen molar-refractivity contribution >= 4 is 27.5 Å². The minimum atomic E-state index is -0.193. The Labute approximate surface area is 133 Å². The van der Waals surface area contributed by atoms with Crippen molar-refractivity contribution in [3.8, 4) is 0 Å². The van der Waals surface area contributed by atoms with Crippen molar-refractivity contribution in [3.63, 3.8) is 0 Å². The first kappa shape index (κ1) is 14.7. The van der Waals surface area contributed by atoms with Gasteiger partial charge in [-0.3, -0.25) is 4.79 Å². The van der Waals surface area contributed by atoms with E-state index in [0.29, 0.717) is 5.56 Å². The van der Waals surface area contributed by atoms with Crippen molar-refractivity contribution < 1.29 is 4.79 Å². The first-order valence-electron chi connectivity index (χ1n) is 7.18. The third-order valence-corrected chi connectivity index (χ3v) is 5.01. The van der Waals surface area contributed by atoms with Crippen molar-refractivity contribution in [3.05, 3.63) is 63.5 Å². The highest BCUT2D eigenvalue weighted by Crippen LogP contribution is 2.18. The zero-order valence-electron chi connectivity index (χ0n) is 13.2. The maximum absolute atomic E-state index is 12.4. The number of fused-ring (bicyclic) bond motifs is 1. The van der Waals surface area contributed by atoms with Gasteiger partial charge in [0.05, 0.1) is 10.2 Å². The summed E-state index contributed by atoms with van der Waals surface area (Å²) in [7, 11) is 1.95. The molecule has 0 saturated carbocycles. The van der Waals surface area contributed by atoms with E-state index in [1.54, 1.807) is 11.3 Å². The molecule has 0 aliphatic carbocycles. The van der Waals surface area contributed by atoms with Gasteiger partial charge in [-0.05, 0) is 61.7 Å². The number of thiazole rings is 1. The van der Waals surface area contributed by atoms with Crippen molar-refractivity contribution in [1.82, 2.24) is 4.57 Å². The number of carbonyl (C=O) groups is 1. The molecule has 0 aliphatic heterocycles. The maximum atomic E-state index is 12.4. The lowest BCUT2D eigenvalue weighted by Gasteiger charge is -2.01. The summed E-state index contributed by atoms with van der Waals surface area (Å²) in [5.74, 6) is -0.193. The standard InChI is InChI=1S/C18H18N2OS/c1-11-5-8-15-16(9-11)22-18(20(15)4)19-17(21)14-7-6-12(2)13(3)10-14/h5-10H,1-4H3. The molecule has 1 aromatic heterocycles. The van der Waals surface area contributed by atoms with Gasteiger partial charge in [0.2, 0.25) is 0 Å². The van der Waals surface area contributed by atoms with E-state index in [2.05, 4.69) is 30.1 Å². The van der Waals surface area contributed by atoms with Crippen LogP contribution in [0.1, 0.15) is 27.0 Å². The van der Waals surface area contributed by atoms with Gasteiger partial charge in [0.1, 0.15) is 0 Å². The van der Waals surface area contributed by atoms with Gasteiger partial charge in [0.25, 0.3) is 5.91 Å². The van der Waals surface area contributed by atoms with Crippen LogP contribution in [0.4, 0.5) is 0 Å². The molecule has 22 heavy (non-hydrogen) atoms. The summed E-state index contributed by atoms with van der Waals surface area (Å²) >= 11 is 1.54. The predicted octanol–water partition coefficient (Wildman–Crippen LogP) is 3.91. The molecule has 0 N–H and O–H groups in total. The largest absolute Gasteiger partial charge is 0.319 e. The predicted molar refractivity (Wildman–Crippen MR) is 91.3 cm³/mol. The molecule has 0 saturated heterocycles. The Morgan fingerprint density at radius 3 is 2.55 bits per heavy atom. The highest BCUT2D eigenvalue weighted by atomic mass is 32.1. The molecule has 3 nitrogen and oxygen atoms in total. The van der Waals surface area contributed by atoms with E-state index in [4.69, 9.17) is 0 Å². The molecule has 0 atom stereocenters. The first-order chi connectivity index (χ1) is 10.5. The molecule has 3 aromatic rings. The summed E-state index contributed by atoms with van der Waals surface area (Å²) in [4.78, 5) is 17.4. The number of amides is 1. The van der Waals surface area contributed by atoms with Gasteiger partial charge in [0, 0.05) is 12.6 Å². The molecule has 3 rings (SSSR count). The fourth-order valence-electron chi connectivity index (χ4n) is 2.37. The smallest absolute Gasteiger partial charge is 0.279 e. The van der Waals surface area contributed by atoms with Gasteiger partial charge >= 0.3 is 0 Å². The van der Waals surface area contributed by atoms with Crippen molar-refractivity contribution in [1.29, 1.82) is 0 Å². The zero-order chi connectivity index (χ0) is 15.9. The maximum Gasteiger partial charge on any atom is 0.279 e. The van der Waals surface area contributed by atoms with Crippen molar-refractivity contribution in [2.75, 3.05) is 0 Å². The molecular formula is C18H18N2OS. The number of carbonyl (C=O) groups excluding carboxylic acids is 1. The van der Waals surface area contributed by atoms with Crippen LogP contribution in [0.15, 0.2) is 41.4 Å². The van der Waals surface area contributed by atoms with Crippen LogP contribution in [0.3, 0.4) is 0 Å². The van der Waals surface area contributed by atoms with Crippen molar-refractivity contribution in [2.45, 2.75) is 20.8 Å². The Morgan fingerprint density at radius 2 is 1.82 bits per heavy atom. The van der Waals surface area contributed by atoms with E-state index in [1.807, 2.05) is 43.7 Å². The number of nitrogens with zero attached hydrogens (tertiary/aromatic N) is 2. The van der Waals surface area contributed by atoms with E-state index >= 15 is 0 Å². The van der Waals surface area contributed by atoms with Gasteiger partial charge in [-0.25, -0.2) is 0 Å². The molecule has 2 aromatic carbocycles. The molecule has 0 aliphatic rings. The van der Waals surface area contributed by atoms with Crippen LogP contribution >= 0.6 is 11.3 Å².